The van der Waals surface area contributed by atoms with Crippen molar-refractivity contribution in [2.24, 2.45) is 0 Å². The standard InChI is InChI=1S/C8H14N2O4/c1-5(11)9-4-7(8(13)14-3)10-6(2)12/h7H,4H2,1-3H3,(H,9,11)(H,10,12). The molecule has 1 atom stereocenters. The molecule has 0 spiro atoms. The molecule has 0 saturated carbocycles. The number of ether oxygens (including phenoxy) is 1. The van der Waals surface area contributed by atoms with Gasteiger partial charge < -0.3 is 15.4 Å². The van der Waals surface area contributed by atoms with Gasteiger partial charge in [-0.25, -0.2) is 4.79 Å². The zero-order chi connectivity index (χ0) is 11.1. The van der Waals surface area contributed by atoms with Crippen molar-refractivity contribution >= 4 is 17.8 Å². The Kier molecular flexibility index (Phi) is 5.28. The molecule has 0 saturated heterocycles. The Balaban J connectivity index is 4.17. The normalized spacial score (nSPS) is 11.4. The summed E-state index contributed by atoms with van der Waals surface area (Å²) < 4.78 is 4.44. The molecule has 0 aliphatic carbocycles. The lowest BCUT2D eigenvalue weighted by molar-refractivity contribution is -0.144. The quantitative estimate of drug-likeness (QED) is 0.561. The fourth-order valence-electron chi connectivity index (χ4n) is 0.827. The highest BCUT2D eigenvalue weighted by molar-refractivity contribution is 5.84. The maximum absolute atomic E-state index is 11.1. The number of hydrogen-bond acceptors (Lipinski definition) is 4. The van der Waals surface area contributed by atoms with Crippen LogP contribution in [0.25, 0.3) is 0 Å². The van der Waals surface area contributed by atoms with Crippen LogP contribution in [0, 0.1) is 0 Å². The molecule has 80 valence electrons. The third-order valence-electron chi connectivity index (χ3n) is 1.42. The summed E-state index contributed by atoms with van der Waals surface area (Å²) in [6.45, 7) is 2.63. The molecule has 0 fully saturated rings. The van der Waals surface area contributed by atoms with Gasteiger partial charge >= 0.3 is 5.97 Å². The van der Waals surface area contributed by atoms with Crippen LogP contribution >= 0.6 is 0 Å². The van der Waals surface area contributed by atoms with Gasteiger partial charge in [-0.1, -0.05) is 0 Å². The minimum Gasteiger partial charge on any atom is -0.467 e. The van der Waals surface area contributed by atoms with Gasteiger partial charge in [0.1, 0.15) is 6.04 Å². The second-order valence-corrected chi connectivity index (χ2v) is 2.71. The van der Waals surface area contributed by atoms with Gasteiger partial charge in [0.05, 0.1) is 7.11 Å². The van der Waals surface area contributed by atoms with Crippen molar-refractivity contribution in [3.63, 3.8) is 0 Å². The monoisotopic (exact) mass is 202 g/mol. The average molecular weight is 202 g/mol. The second-order valence-electron chi connectivity index (χ2n) is 2.71. The minimum absolute atomic E-state index is 0.0294. The molecule has 0 aromatic rings. The van der Waals surface area contributed by atoms with Crippen LogP contribution in [0.5, 0.6) is 0 Å². The summed E-state index contributed by atoms with van der Waals surface area (Å²) in [7, 11) is 1.21. The van der Waals surface area contributed by atoms with Crippen molar-refractivity contribution in [2.45, 2.75) is 19.9 Å². The Labute approximate surface area is 82.0 Å². The molecule has 0 heterocycles. The molecule has 6 heteroatoms. The third kappa shape index (κ3) is 5.13. The molecule has 0 aromatic heterocycles. The highest BCUT2D eigenvalue weighted by Crippen LogP contribution is 1.86. The van der Waals surface area contributed by atoms with Crippen molar-refractivity contribution in [1.82, 2.24) is 10.6 Å². The lowest BCUT2D eigenvalue weighted by Gasteiger charge is -2.15. The maximum atomic E-state index is 11.1. The van der Waals surface area contributed by atoms with E-state index in [0.29, 0.717) is 0 Å². The van der Waals surface area contributed by atoms with Crippen LogP contribution in [-0.4, -0.2) is 37.5 Å². The molecule has 1 unspecified atom stereocenters. The summed E-state index contributed by atoms with van der Waals surface area (Å²) in [5, 5.41) is 4.77. The Bertz CT molecular complexity index is 239. The topological polar surface area (TPSA) is 84.5 Å². The van der Waals surface area contributed by atoms with E-state index in [2.05, 4.69) is 15.4 Å². The van der Waals surface area contributed by atoms with Crippen LogP contribution in [0.2, 0.25) is 0 Å². The van der Waals surface area contributed by atoms with Gasteiger partial charge in [-0.15, -0.1) is 0 Å². The summed E-state index contributed by atoms with van der Waals surface area (Å²) >= 11 is 0. The van der Waals surface area contributed by atoms with Gasteiger partial charge in [0.2, 0.25) is 11.8 Å². The second kappa shape index (κ2) is 5.95. The zero-order valence-corrected chi connectivity index (χ0v) is 8.42. The first kappa shape index (κ1) is 12.4. The summed E-state index contributed by atoms with van der Waals surface area (Å²) in [6.07, 6.45) is 0. The Morgan fingerprint density at radius 1 is 1.21 bits per heavy atom. The molecule has 0 aliphatic heterocycles. The molecule has 2 amide bonds. The van der Waals surface area contributed by atoms with E-state index in [9.17, 15) is 14.4 Å². The van der Waals surface area contributed by atoms with Gasteiger partial charge in [0.25, 0.3) is 0 Å². The predicted molar refractivity (Wildman–Crippen MR) is 48.3 cm³/mol. The summed E-state index contributed by atoms with van der Waals surface area (Å²) in [6, 6.07) is -0.832. The van der Waals surface area contributed by atoms with Gasteiger partial charge in [-0.2, -0.15) is 0 Å². The Morgan fingerprint density at radius 3 is 2.14 bits per heavy atom. The highest BCUT2D eigenvalue weighted by Gasteiger charge is 2.19. The largest absolute Gasteiger partial charge is 0.467 e. The van der Waals surface area contributed by atoms with Crippen LogP contribution in [0.1, 0.15) is 13.8 Å². The molecule has 0 aromatic carbocycles. The van der Waals surface area contributed by atoms with E-state index in [1.54, 1.807) is 0 Å². The first-order valence-corrected chi connectivity index (χ1v) is 4.06. The third-order valence-corrected chi connectivity index (χ3v) is 1.42. The molecular weight excluding hydrogens is 188 g/mol. The van der Waals surface area contributed by atoms with Crippen molar-refractivity contribution < 1.29 is 19.1 Å². The van der Waals surface area contributed by atoms with Crippen molar-refractivity contribution in [3.05, 3.63) is 0 Å². The molecule has 0 radical (unpaired) electrons. The average Bonchev–Trinajstić information content (AvgIpc) is 2.10. The Morgan fingerprint density at radius 2 is 1.79 bits per heavy atom. The number of carbonyl (C=O) groups is 3. The van der Waals surface area contributed by atoms with Gasteiger partial charge in [0.15, 0.2) is 0 Å². The number of nitrogens with one attached hydrogen (secondary N) is 2. The van der Waals surface area contributed by atoms with Crippen molar-refractivity contribution in [1.29, 1.82) is 0 Å². The number of carbonyl (C=O) groups excluding carboxylic acids is 3. The van der Waals surface area contributed by atoms with E-state index in [0.717, 1.165) is 0 Å². The molecule has 0 bridgehead atoms. The van der Waals surface area contributed by atoms with Gasteiger partial charge in [0, 0.05) is 20.4 Å². The van der Waals surface area contributed by atoms with Crippen molar-refractivity contribution in [3.8, 4) is 0 Å². The van der Waals surface area contributed by atoms with E-state index in [-0.39, 0.29) is 18.4 Å². The number of methoxy groups -OCH3 is 1. The number of amides is 2. The zero-order valence-electron chi connectivity index (χ0n) is 8.42. The minimum atomic E-state index is -0.832. The molecular formula is C8H14N2O4. The summed E-state index contributed by atoms with van der Waals surface area (Å²) in [5.74, 6) is -1.22. The van der Waals surface area contributed by atoms with Crippen LogP contribution in [0.15, 0.2) is 0 Å². The van der Waals surface area contributed by atoms with Crippen LogP contribution in [0.3, 0.4) is 0 Å². The summed E-state index contributed by atoms with van der Waals surface area (Å²) in [5.41, 5.74) is 0. The van der Waals surface area contributed by atoms with Gasteiger partial charge in [-0.3, -0.25) is 9.59 Å². The van der Waals surface area contributed by atoms with Crippen LogP contribution in [0.4, 0.5) is 0 Å². The van der Waals surface area contributed by atoms with Crippen LogP contribution in [-0.2, 0) is 19.1 Å². The van der Waals surface area contributed by atoms with E-state index in [1.165, 1.54) is 21.0 Å². The highest BCUT2D eigenvalue weighted by atomic mass is 16.5. The molecule has 0 aliphatic rings. The first-order chi connectivity index (χ1) is 6.47. The summed E-state index contributed by atoms with van der Waals surface area (Å²) in [4.78, 5) is 32.3. The number of esters is 1. The molecule has 2 N–H and O–H groups in total. The van der Waals surface area contributed by atoms with E-state index in [1.807, 2.05) is 0 Å². The van der Waals surface area contributed by atoms with Crippen LogP contribution < -0.4 is 10.6 Å². The fraction of sp³-hybridized carbons (Fsp3) is 0.625. The van der Waals surface area contributed by atoms with Gasteiger partial charge in [-0.05, 0) is 0 Å². The SMILES string of the molecule is COC(=O)C(CNC(C)=O)NC(C)=O. The number of hydrogen-bond donors (Lipinski definition) is 2. The first-order valence-electron chi connectivity index (χ1n) is 4.06. The molecule has 0 rings (SSSR count). The lowest BCUT2D eigenvalue weighted by Crippen LogP contribution is -2.47. The smallest absolute Gasteiger partial charge is 0.330 e. The van der Waals surface area contributed by atoms with Crippen molar-refractivity contribution in [2.75, 3.05) is 13.7 Å². The van der Waals surface area contributed by atoms with E-state index in [4.69, 9.17) is 0 Å². The number of rotatable bonds is 4. The van der Waals surface area contributed by atoms with E-state index < -0.39 is 12.0 Å². The predicted octanol–water partition coefficient (Wildman–Crippen LogP) is -1.20. The fourth-order valence-corrected chi connectivity index (χ4v) is 0.827. The molecule has 6 nitrogen and oxygen atoms in total. The Hall–Kier alpha value is -1.59. The van der Waals surface area contributed by atoms with E-state index >= 15 is 0 Å². The maximum Gasteiger partial charge on any atom is 0.330 e. The molecule has 14 heavy (non-hydrogen) atoms. The lowest BCUT2D eigenvalue weighted by atomic mass is 10.3.